The van der Waals surface area contributed by atoms with Gasteiger partial charge in [0.25, 0.3) is 5.60 Å². The molecule has 26 heavy (non-hydrogen) atoms. The van der Waals surface area contributed by atoms with Gasteiger partial charge in [0.2, 0.25) is 5.71 Å². The molecule has 0 amide bonds. The standard InChI is InChI=1S/C17H16Cl3F3N2O/c1-2-11(18)8-12(19)5-6-16(17(21,22)23)9-15(25-26-16)10-3-4-13(20)14(24)7-10/h2-5,7-8,13-14H,1,6,9,24H2/p+1/b11-8+,12-5+. The zero-order chi connectivity index (χ0) is 19.5. The molecule has 0 bridgehead atoms. The van der Waals surface area contributed by atoms with Crippen molar-refractivity contribution in [2.45, 2.75) is 36.0 Å². The summed E-state index contributed by atoms with van der Waals surface area (Å²) in [6, 6.07) is -0.493. The fourth-order valence-electron chi connectivity index (χ4n) is 2.46. The minimum atomic E-state index is -4.63. The van der Waals surface area contributed by atoms with Crippen LogP contribution < -0.4 is 10.9 Å². The van der Waals surface area contributed by atoms with Crippen LogP contribution in [0.4, 0.5) is 13.2 Å². The number of alkyl halides is 4. The van der Waals surface area contributed by atoms with Gasteiger partial charge in [0.1, 0.15) is 0 Å². The molecule has 1 aliphatic carbocycles. The zero-order valence-corrected chi connectivity index (χ0v) is 15.8. The minimum Gasteiger partial charge on any atom is -0.323 e. The monoisotopic (exact) mass is 427 g/mol. The van der Waals surface area contributed by atoms with Crippen LogP contribution in [0.5, 0.6) is 0 Å². The normalized spacial score (nSPS) is 30.0. The summed E-state index contributed by atoms with van der Waals surface area (Å²) in [6.07, 6.45) is 3.15. The molecule has 3 nitrogen and oxygen atoms in total. The first kappa shape index (κ1) is 21.1. The highest BCUT2D eigenvalue weighted by molar-refractivity contribution is 6.35. The van der Waals surface area contributed by atoms with Crippen molar-refractivity contribution in [3.63, 3.8) is 0 Å². The summed E-state index contributed by atoms with van der Waals surface area (Å²) in [5.41, 5.74) is 4.18. The molecule has 3 N–H and O–H groups in total. The van der Waals surface area contributed by atoms with Crippen molar-refractivity contribution in [3.8, 4) is 0 Å². The van der Waals surface area contributed by atoms with Crippen LogP contribution in [0.3, 0.4) is 0 Å². The van der Waals surface area contributed by atoms with Crippen LogP contribution in [0.1, 0.15) is 12.8 Å². The Morgan fingerprint density at radius 2 is 2.12 bits per heavy atom. The predicted octanol–water partition coefficient (Wildman–Crippen LogP) is 3.40. The number of rotatable bonds is 5. The lowest BCUT2D eigenvalue weighted by Gasteiger charge is -2.24. The Hall–Kier alpha value is -1.21. The second-order valence-electron chi connectivity index (χ2n) is 5.88. The average molecular weight is 429 g/mol. The quantitative estimate of drug-likeness (QED) is 0.521. The molecule has 0 fully saturated rings. The maximum Gasteiger partial charge on any atom is 0.436 e. The molecule has 9 heteroatoms. The van der Waals surface area contributed by atoms with Crippen LogP contribution in [-0.4, -0.2) is 28.9 Å². The highest BCUT2D eigenvalue weighted by atomic mass is 35.5. The first-order valence-electron chi connectivity index (χ1n) is 7.60. The topological polar surface area (TPSA) is 49.2 Å². The van der Waals surface area contributed by atoms with Gasteiger partial charge in [0, 0.05) is 28.1 Å². The molecular formula is C17H17Cl3F3N2O+. The number of hydrogen-bond acceptors (Lipinski definition) is 2. The van der Waals surface area contributed by atoms with E-state index in [0.29, 0.717) is 5.57 Å². The lowest BCUT2D eigenvalue weighted by atomic mass is 9.88. The molecule has 1 heterocycles. The molecule has 0 aromatic heterocycles. The van der Waals surface area contributed by atoms with Gasteiger partial charge in [-0.05, 0) is 11.2 Å². The first-order chi connectivity index (χ1) is 12.1. The van der Waals surface area contributed by atoms with Crippen molar-refractivity contribution in [2.24, 2.45) is 5.73 Å². The van der Waals surface area contributed by atoms with E-state index in [1.54, 1.807) is 18.2 Å². The first-order valence-corrected chi connectivity index (χ1v) is 8.79. The summed E-state index contributed by atoms with van der Waals surface area (Å²) in [6.45, 7) is 3.44. The second-order valence-corrected chi connectivity index (χ2v) is 7.26. The number of allylic oxidation sites excluding steroid dienone is 6. The number of hydrogen-bond donors (Lipinski definition) is 2. The molecule has 0 aromatic carbocycles. The molecule has 2 aliphatic rings. The number of halogens is 6. The fraction of sp³-hybridized carbons (Fsp3) is 0.353. The van der Waals surface area contributed by atoms with Gasteiger partial charge in [-0.3, -0.25) is 4.84 Å². The summed E-state index contributed by atoms with van der Waals surface area (Å²) in [5.74, 6) is 0. The Labute approximate surface area is 164 Å². The average Bonchev–Trinajstić information content (AvgIpc) is 3.01. The SMILES string of the molecule is C=C/C(Cl)=C\C(Cl)=C/CC1(C(F)(F)F)CC(C2=CC(N)C(Cl)C=C2)=[NH+]O1. The van der Waals surface area contributed by atoms with Crippen LogP contribution in [0.2, 0.25) is 0 Å². The van der Waals surface area contributed by atoms with E-state index in [4.69, 9.17) is 45.4 Å². The molecule has 0 saturated heterocycles. The van der Waals surface area contributed by atoms with Gasteiger partial charge in [0.05, 0.1) is 11.8 Å². The van der Waals surface area contributed by atoms with Gasteiger partial charge >= 0.3 is 6.18 Å². The highest BCUT2D eigenvalue weighted by Gasteiger charge is 2.64. The van der Waals surface area contributed by atoms with Gasteiger partial charge in [-0.25, -0.2) is 0 Å². The van der Waals surface area contributed by atoms with Gasteiger partial charge in [-0.15, -0.1) is 11.6 Å². The van der Waals surface area contributed by atoms with Crippen molar-refractivity contribution >= 4 is 40.5 Å². The van der Waals surface area contributed by atoms with Gasteiger partial charge in [-0.1, -0.05) is 60.2 Å². The summed E-state index contributed by atoms with van der Waals surface area (Å²) in [4.78, 5) is 4.98. The third-order valence-corrected chi connectivity index (χ3v) is 4.96. The lowest BCUT2D eigenvalue weighted by molar-refractivity contribution is -0.772. The second kappa shape index (κ2) is 8.21. The van der Waals surface area contributed by atoms with Crippen LogP contribution >= 0.6 is 34.8 Å². The predicted molar refractivity (Wildman–Crippen MR) is 98.0 cm³/mol. The van der Waals surface area contributed by atoms with E-state index >= 15 is 0 Å². The van der Waals surface area contributed by atoms with Crippen LogP contribution in [0.25, 0.3) is 0 Å². The highest BCUT2D eigenvalue weighted by Crippen LogP contribution is 2.41. The molecule has 0 aromatic rings. The Morgan fingerprint density at radius 1 is 1.42 bits per heavy atom. The Morgan fingerprint density at radius 3 is 2.69 bits per heavy atom. The third-order valence-electron chi connectivity index (χ3n) is 3.99. The Balaban J connectivity index is 2.21. The van der Waals surface area contributed by atoms with Crippen LogP contribution in [0.15, 0.2) is 58.7 Å². The molecule has 3 unspecified atom stereocenters. The van der Waals surface area contributed by atoms with E-state index in [0.717, 1.165) is 0 Å². The summed E-state index contributed by atoms with van der Waals surface area (Å²) < 4.78 is 41.0. The van der Waals surface area contributed by atoms with Crippen molar-refractivity contribution in [3.05, 3.63) is 58.7 Å². The van der Waals surface area contributed by atoms with Gasteiger partial charge in [0.15, 0.2) is 0 Å². The molecule has 0 spiro atoms. The van der Waals surface area contributed by atoms with Crippen LogP contribution in [0, 0.1) is 0 Å². The Kier molecular flexibility index (Phi) is 6.66. The number of nitrogens with two attached hydrogens (primary N) is 1. The minimum absolute atomic E-state index is 0.0550. The van der Waals surface area contributed by atoms with Gasteiger partial charge < -0.3 is 5.73 Å². The maximum absolute atomic E-state index is 13.7. The molecule has 142 valence electrons. The summed E-state index contributed by atoms with van der Waals surface area (Å²) in [5, 5.41) is 2.25. The molecule has 1 aliphatic heterocycles. The third kappa shape index (κ3) is 4.74. The van der Waals surface area contributed by atoms with Crippen molar-refractivity contribution in [2.75, 3.05) is 0 Å². The summed E-state index contributed by atoms with van der Waals surface area (Å²) >= 11 is 17.6. The summed E-state index contributed by atoms with van der Waals surface area (Å²) in [7, 11) is 0. The van der Waals surface area contributed by atoms with Crippen LogP contribution in [-0.2, 0) is 4.84 Å². The van der Waals surface area contributed by atoms with E-state index in [1.807, 2.05) is 0 Å². The van der Waals surface area contributed by atoms with E-state index in [2.05, 4.69) is 11.7 Å². The lowest BCUT2D eigenvalue weighted by Crippen LogP contribution is -2.71. The van der Waals surface area contributed by atoms with E-state index in [9.17, 15) is 13.2 Å². The molecule has 2 rings (SSSR count). The molecule has 3 atom stereocenters. The Bertz CT molecular complexity index is 725. The van der Waals surface area contributed by atoms with Gasteiger partial charge in [-0.2, -0.15) is 13.2 Å². The van der Waals surface area contributed by atoms with E-state index in [1.165, 1.54) is 18.2 Å². The molecule has 0 saturated carbocycles. The van der Waals surface area contributed by atoms with E-state index < -0.39 is 36.0 Å². The van der Waals surface area contributed by atoms with Crippen molar-refractivity contribution < 1.29 is 23.2 Å². The largest absolute Gasteiger partial charge is 0.436 e. The molecule has 0 radical (unpaired) electrons. The fourth-order valence-corrected chi connectivity index (χ4v) is 2.97. The zero-order valence-electron chi connectivity index (χ0n) is 13.5. The molecular weight excluding hydrogens is 412 g/mol. The van der Waals surface area contributed by atoms with E-state index in [-0.39, 0.29) is 15.8 Å². The van der Waals surface area contributed by atoms with Crippen molar-refractivity contribution in [1.29, 1.82) is 0 Å². The smallest absolute Gasteiger partial charge is 0.323 e. The maximum atomic E-state index is 13.7. The van der Waals surface area contributed by atoms with Crippen molar-refractivity contribution in [1.82, 2.24) is 0 Å². The number of nitrogens with one attached hydrogen (secondary N) is 1.